The summed E-state index contributed by atoms with van der Waals surface area (Å²) in [7, 11) is 2.06. The van der Waals surface area contributed by atoms with E-state index in [-0.39, 0.29) is 11.6 Å². The number of benzene rings is 1. The molecule has 130 valence electrons. The van der Waals surface area contributed by atoms with Crippen molar-refractivity contribution in [3.05, 3.63) is 57.8 Å². The molecule has 6 nitrogen and oxygen atoms in total. The van der Waals surface area contributed by atoms with Crippen molar-refractivity contribution >= 4 is 11.0 Å². The predicted molar refractivity (Wildman–Crippen MR) is 97.4 cm³/mol. The van der Waals surface area contributed by atoms with Gasteiger partial charge in [-0.25, -0.2) is 9.67 Å². The van der Waals surface area contributed by atoms with E-state index >= 15 is 0 Å². The van der Waals surface area contributed by atoms with E-state index in [2.05, 4.69) is 27.7 Å². The highest BCUT2D eigenvalue weighted by molar-refractivity contribution is 5.75. The first-order valence-corrected chi connectivity index (χ1v) is 8.77. The maximum Gasteiger partial charge on any atom is 0.267 e. The maximum absolute atomic E-state index is 12.2. The predicted octanol–water partition coefficient (Wildman–Crippen LogP) is 2.27. The smallest absolute Gasteiger partial charge is 0.267 e. The molecule has 0 aliphatic carbocycles. The van der Waals surface area contributed by atoms with Crippen molar-refractivity contribution in [2.45, 2.75) is 39.4 Å². The van der Waals surface area contributed by atoms with Crippen LogP contribution in [0.25, 0.3) is 11.0 Å². The Kier molecular flexibility index (Phi) is 3.92. The number of fused-ring (bicyclic) bond motifs is 2. The monoisotopic (exact) mass is 337 g/mol. The summed E-state index contributed by atoms with van der Waals surface area (Å²) in [5, 5.41) is 4.56. The summed E-state index contributed by atoms with van der Waals surface area (Å²) in [5.41, 5.74) is 4.26. The molecule has 0 spiro atoms. The van der Waals surface area contributed by atoms with Crippen molar-refractivity contribution in [3.63, 3.8) is 0 Å². The van der Waals surface area contributed by atoms with Crippen molar-refractivity contribution < 1.29 is 0 Å². The second kappa shape index (κ2) is 6.11. The zero-order chi connectivity index (χ0) is 17.6. The molecule has 0 fully saturated rings. The zero-order valence-electron chi connectivity index (χ0n) is 14.9. The molecule has 0 bridgehead atoms. The molecule has 2 aromatic heterocycles. The van der Waals surface area contributed by atoms with Crippen LogP contribution < -0.4 is 5.56 Å². The molecule has 4 rings (SSSR count). The zero-order valence-corrected chi connectivity index (χ0v) is 14.9. The Morgan fingerprint density at radius 1 is 1.24 bits per heavy atom. The van der Waals surface area contributed by atoms with Gasteiger partial charge in [0.2, 0.25) is 0 Å². The van der Waals surface area contributed by atoms with Gasteiger partial charge in [0.25, 0.3) is 5.56 Å². The lowest BCUT2D eigenvalue weighted by Gasteiger charge is -2.28. The second-order valence-electron chi connectivity index (χ2n) is 7.03. The molecule has 1 aliphatic rings. The SMILES string of the molecule is CC(C)n1nc2c(cc1=O)CN(Cc1nc3ccccc3n1C)CC2. The Bertz CT molecular complexity index is 985. The lowest BCUT2D eigenvalue weighted by Crippen LogP contribution is -2.35. The molecular formula is C19H23N5O. The number of nitrogens with zero attached hydrogens (tertiary/aromatic N) is 5. The van der Waals surface area contributed by atoms with E-state index in [0.29, 0.717) is 0 Å². The third-order valence-corrected chi connectivity index (χ3v) is 4.92. The molecule has 0 radical (unpaired) electrons. The first-order chi connectivity index (χ1) is 12.0. The van der Waals surface area contributed by atoms with Gasteiger partial charge in [-0.1, -0.05) is 12.1 Å². The molecule has 3 heterocycles. The fourth-order valence-electron chi connectivity index (χ4n) is 3.52. The number of rotatable bonds is 3. The van der Waals surface area contributed by atoms with Crippen LogP contribution in [-0.2, 0) is 26.6 Å². The first-order valence-electron chi connectivity index (χ1n) is 8.77. The van der Waals surface area contributed by atoms with Gasteiger partial charge < -0.3 is 4.57 Å². The van der Waals surface area contributed by atoms with E-state index in [1.807, 2.05) is 32.0 Å². The molecule has 0 unspecified atom stereocenters. The van der Waals surface area contributed by atoms with Gasteiger partial charge in [-0.05, 0) is 31.5 Å². The van der Waals surface area contributed by atoms with E-state index in [4.69, 9.17) is 4.98 Å². The second-order valence-corrected chi connectivity index (χ2v) is 7.03. The van der Waals surface area contributed by atoms with Gasteiger partial charge in [-0.15, -0.1) is 0 Å². The number of aryl methyl sites for hydroxylation is 1. The van der Waals surface area contributed by atoms with Crippen LogP contribution >= 0.6 is 0 Å². The van der Waals surface area contributed by atoms with E-state index < -0.39 is 0 Å². The molecule has 1 aliphatic heterocycles. The van der Waals surface area contributed by atoms with Crippen LogP contribution in [0, 0.1) is 0 Å². The number of hydrogen-bond acceptors (Lipinski definition) is 4. The molecule has 25 heavy (non-hydrogen) atoms. The van der Waals surface area contributed by atoms with Gasteiger partial charge in [-0.3, -0.25) is 9.69 Å². The topological polar surface area (TPSA) is 56.0 Å². The Balaban J connectivity index is 1.59. The minimum atomic E-state index is -0.0154. The van der Waals surface area contributed by atoms with Crippen LogP contribution in [0.1, 0.15) is 37.0 Å². The van der Waals surface area contributed by atoms with Gasteiger partial charge in [-0.2, -0.15) is 5.10 Å². The van der Waals surface area contributed by atoms with E-state index in [0.717, 1.165) is 54.2 Å². The molecule has 3 aromatic rings. The highest BCUT2D eigenvalue weighted by atomic mass is 16.1. The Morgan fingerprint density at radius 2 is 2.04 bits per heavy atom. The standard InChI is InChI=1S/C19H23N5O/c1-13(2)24-19(25)10-14-11-23(9-8-15(14)21-24)12-18-20-16-6-4-5-7-17(16)22(18)3/h4-7,10,13H,8-9,11-12H2,1-3H3. The summed E-state index contributed by atoms with van der Waals surface area (Å²) >= 11 is 0. The van der Waals surface area contributed by atoms with Crippen molar-refractivity contribution in [2.75, 3.05) is 6.54 Å². The highest BCUT2D eigenvalue weighted by Crippen LogP contribution is 2.20. The van der Waals surface area contributed by atoms with Crippen LogP contribution in [0.4, 0.5) is 0 Å². The highest BCUT2D eigenvalue weighted by Gasteiger charge is 2.21. The van der Waals surface area contributed by atoms with Crippen LogP contribution in [-0.4, -0.2) is 30.8 Å². The maximum atomic E-state index is 12.2. The van der Waals surface area contributed by atoms with Gasteiger partial charge in [0.1, 0.15) is 5.82 Å². The largest absolute Gasteiger partial charge is 0.330 e. The summed E-state index contributed by atoms with van der Waals surface area (Å²) < 4.78 is 3.74. The molecule has 0 saturated carbocycles. The van der Waals surface area contributed by atoms with Crippen molar-refractivity contribution in [1.29, 1.82) is 0 Å². The summed E-state index contributed by atoms with van der Waals surface area (Å²) in [6.07, 6.45) is 0.867. The fraction of sp³-hybridized carbons (Fsp3) is 0.421. The third kappa shape index (κ3) is 2.87. The van der Waals surface area contributed by atoms with Crippen LogP contribution in [0.2, 0.25) is 0 Å². The lowest BCUT2D eigenvalue weighted by molar-refractivity contribution is 0.232. The number of hydrogen-bond donors (Lipinski definition) is 0. The molecule has 0 saturated heterocycles. The minimum Gasteiger partial charge on any atom is -0.330 e. The Morgan fingerprint density at radius 3 is 2.80 bits per heavy atom. The van der Waals surface area contributed by atoms with Crippen molar-refractivity contribution in [2.24, 2.45) is 7.05 Å². The third-order valence-electron chi connectivity index (χ3n) is 4.92. The summed E-state index contributed by atoms with van der Waals surface area (Å²) in [6.45, 7) is 6.43. The quantitative estimate of drug-likeness (QED) is 0.736. The fourth-order valence-corrected chi connectivity index (χ4v) is 3.52. The van der Waals surface area contributed by atoms with Crippen LogP contribution in [0.3, 0.4) is 0 Å². The Hall–Kier alpha value is -2.47. The minimum absolute atomic E-state index is 0.0154. The van der Waals surface area contributed by atoms with Gasteiger partial charge >= 0.3 is 0 Å². The van der Waals surface area contributed by atoms with E-state index in [1.165, 1.54) is 0 Å². The Labute approximate surface area is 146 Å². The summed E-state index contributed by atoms with van der Waals surface area (Å²) in [6, 6.07) is 10.0. The normalized spacial score (nSPS) is 15.0. The molecular weight excluding hydrogens is 314 g/mol. The van der Waals surface area contributed by atoms with Crippen LogP contribution in [0.15, 0.2) is 35.1 Å². The number of imidazole rings is 1. The summed E-state index contributed by atoms with van der Waals surface area (Å²) in [4.78, 5) is 19.3. The number of para-hydroxylation sites is 2. The first kappa shape index (κ1) is 16.0. The van der Waals surface area contributed by atoms with E-state index in [1.54, 1.807) is 10.7 Å². The average molecular weight is 337 g/mol. The molecule has 6 heteroatoms. The summed E-state index contributed by atoms with van der Waals surface area (Å²) in [5.74, 6) is 1.05. The van der Waals surface area contributed by atoms with E-state index in [9.17, 15) is 4.79 Å². The average Bonchev–Trinajstić information content (AvgIpc) is 2.90. The lowest BCUT2D eigenvalue weighted by atomic mass is 10.1. The van der Waals surface area contributed by atoms with Gasteiger partial charge in [0.15, 0.2) is 0 Å². The molecule has 0 atom stereocenters. The molecule has 1 aromatic carbocycles. The number of aromatic nitrogens is 4. The van der Waals surface area contributed by atoms with Gasteiger partial charge in [0.05, 0.1) is 29.3 Å². The van der Waals surface area contributed by atoms with Gasteiger partial charge in [0, 0.05) is 32.6 Å². The molecule has 0 amide bonds. The van der Waals surface area contributed by atoms with Crippen LogP contribution in [0.5, 0.6) is 0 Å². The molecule has 0 N–H and O–H groups in total. The van der Waals surface area contributed by atoms with Crippen molar-refractivity contribution in [1.82, 2.24) is 24.2 Å². The van der Waals surface area contributed by atoms with Crippen molar-refractivity contribution in [3.8, 4) is 0 Å².